The number of amides is 3. The number of hydrogen-bond donors (Lipinski definition) is 1. The van der Waals surface area contributed by atoms with E-state index < -0.39 is 23.3 Å². The lowest BCUT2D eigenvalue weighted by atomic mass is 9.99. The molecule has 3 amide bonds. The number of fused-ring (bicyclic) bond motifs is 1. The summed E-state index contributed by atoms with van der Waals surface area (Å²) in [5, 5.41) is 2.78. The Morgan fingerprint density at radius 3 is 2.06 bits per heavy atom. The van der Waals surface area contributed by atoms with Crippen molar-refractivity contribution in [2.75, 3.05) is 18.4 Å². The van der Waals surface area contributed by atoms with Gasteiger partial charge in [-0.2, -0.15) is 0 Å². The number of anilines is 1. The number of nitrogens with zero attached hydrogens (tertiary/aromatic N) is 2. The molecule has 8 heteroatoms. The van der Waals surface area contributed by atoms with E-state index >= 15 is 0 Å². The summed E-state index contributed by atoms with van der Waals surface area (Å²) in [5.41, 5.74) is 2.65. The summed E-state index contributed by atoms with van der Waals surface area (Å²) >= 11 is 0. The lowest BCUT2D eigenvalue weighted by Crippen LogP contribution is -2.39. The molecule has 2 aromatic carbocycles. The van der Waals surface area contributed by atoms with Crippen LogP contribution >= 0.6 is 0 Å². The third-order valence-corrected chi connectivity index (χ3v) is 5.67. The first-order valence-corrected chi connectivity index (χ1v) is 10.9. The normalized spacial score (nSPS) is 15.7. The third kappa shape index (κ3) is 5.16. The van der Waals surface area contributed by atoms with Crippen LogP contribution in [0.1, 0.15) is 43.9 Å². The zero-order valence-corrected chi connectivity index (χ0v) is 19.0. The SMILES string of the molecule is CC(C)(C)OC(=O)N1CC=C(c2ccc(NC(=O)N3Cc4c(F)ccc(F)c4C3)cc2)CC1. The van der Waals surface area contributed by atoms with E-state index in [4.69, 9.17) is 4.74 Å². The summed E-state index contributed by atoms with van der Waals surface area (Å²) in [6.45, 7) is 6.64. The summed E-state index contributed by atoms with van der Waals surface area (Å²) < 4.78 is 33.3. The number of benzene rings is 2. The largest absolute Gasteiger partial charge is 0.444 e. The van der Waals surface area contributed by atoms with E-state index in [-0.39, 0.29) is 30.3 Å². The first-order valence-electron chi connectivity index (χ1n) is 10.9. The number of halogens is 2. The van der Waals surface area contributed by atoms with Gasteiger partial charge < -0.3 is 19.9 Å². The molecule has 0 bridgehead atoms. The van der Waals surface area contributed by atoms with Crippen molar-refractivity contribution in [3.8, 4) is 0 Å². The highest BCUT2D eigenvalue weighted by Crippen LogP contribution is 2.29. The van der Waals surface area contributed by atoms with Gasteiger partial charge >= 0.3 is 12.1 Å². The van der Waals surface area contributed by atoms with Gasteiger partial charge in [-0.05, 0) is 62.6 Å². The van der Waals surface area contributed by atoms with Crippen molar-refractivity contribution in [1.29, 1.82) is 0 Å². The highest BCUT2D eigenvalue weighted by molar-refractivity contribution is 5.90. The minimum atomic E-state index is -0.526. The number of urea groups is 1. The van der Waals surface area contributed by atoms with E-state index in [9.17, 15) is 18.4 Å². The quantitative estimate of drug-likeness (QED) is 0.647. The number of hydrogen-bond acceptors (Lipinski definition) is 3. The molecular formula is C25H27F2N3O3. The Bertz CT molecular complexity index is 1080. The van der Waals surface area contributed by atoms with Gasteiger partial charge in [0.05, 0.1) is 13.1 Å². The Morgan fingerprint density at radius 1 is 0.939 bits per heavy atom. The zero-order valence-electron chi connectivity index (χ0n) is 19.0. The van der Waals surface area contributed by atoms with Crippen LogP contribution in [-0.4, -0.2) is 40.6 Å². The summed E-state index contributed by atoms with van der Waals surface area (Å²) in [4.78, 5) is 27.9. The molecule has 2 aliphatic rings. The first kappa shape index (κ1) is 22.8. The molecule has 0 saturated heterocycles. The zero-order chi connectivity index (χ0) is 23.8. The van der Waals surface area contributed by atoms with E-state index in [0.29, 0.717) is 25.2 Å². The lowest BCUT2D eigenvalue weighted by Gasteiger charge is -2.29. The molecule has 0 aliphatic carbocycles. The van der Waals surface area contributed by atoms with Gasteiger partial charge in [-0.1, -0.05) is 18.2 Å². The van der Waals surface area contributed by atoms with Gasteiger partial charge in [-0.15, -0.1) is 0 Å². The fourth-order valence-corrected chi connectivity index (χ4v) is 3.95. The van der Waals surface area contributed by atoms with Gasteiger partial charge in [0.2, 0.25) is 0 Å². The monoisotopic (exact) mass is 455 g/mol. The average molecular weight is 456 g/mol. The summed E-state index contributed by atoms with van der Waals surface area (Å²) in [7, 11) is 0. The lowest BCUT2D eigenvalue weighted by molar-refractivity contribution is 0.0270. The van der Waals surface area contributed by atoms with Crippen LogP contribution in [0.25, 0.3) is 5.57 Å². The van der Waals surface area contributed by atoms with Crippen LogP contribution in [0.2, 0.25) is 0 Å². The fourth-order valence-electron chi connectivity index (χ4n) is 3.95. The number of carbonyl (C=O) groups excluding carboxylic acids is 2. The molecule has 0 radical (unpaired) electrons. The van der Waals surface area contributed by atoms with Crippen LogP contribution < -0.4 is 5.32 Å². The second kappa shape index (κ2) is 8.84. The molecule has 2 heterocycles. The van der Waals surface area contributed by atoms with E-state index in [0.717, 1.165) is 23.3 Å². The fraction of sp³-hybridized carbons (Fsp3) is 0.360. The maximum Gasteiger partial charge on any atom is 0.410 e. The number of rotatable bonds is 2. The Labute approximate surface area is 191 Å². The van der Waals surface area contributed by atoms with E-state index in [1.54, 1.807) is 17.0 Å². The molecule has 174 valence electrons. The second-order valence-electron chi connectivity index (χ2n) is 9.26. The van der Waals surface area contributed by atoms with Gasteiger partial charge in [0.15, 0.2) is 0 Å². The van der Waals surface area contributed by atoms with Gasteiger partial charge in [-0.25, -0.2) is 18.4 Å². The van der Waals surface area contributed by atoms with Crippen molar-refractivity contribution in [2.24, 2.45) is 0 Å². The Kier molecular flexibility index (Phi) is 6.10. The van der Waals surface area contributed by atoms with Gasteiger partial charge in [0.25, 0.3) is 0 Å². The number of carbonyl (C=O) groups is 2. The van der Waals surface area contributed by atoms with Crippen molar-refractivity contribution in [2.45, 2.75) is 45.9 Å². The Morgan fingerprint density at radius 2 is 1.55 bits per heavy atom. The van der Waals surface area contributed by atoms with Crippen molar-refractivity contribution in [3.05, 3.63) is 70.8 Å². The van der Waals surface area contributed by atoms with Gasteiger partial charge in [-0.3, -0.25) is 0 Å². The molecule has 0 fully saturated rings. The summed E-state index contributed by atoms with van der Waals surface area (Å²) in [6, 6.07) is 9.15. The highest BCUT2D eigenvalue weighted by atomic mass is 19.1. The van der Waals surface area contributed by atoms with Gasteiger partial charge in [0.1, 0.15) is 17.2 Å². The maximum atomic E-state index is 13.9. The van der Waals surface area contributed by atoms with E-state index in [2.05, 4.69) is 5.32 Å². The Balaban J connectivity index is 1.35. The molecule has 33 heavy (non-hydrogen) atoms. The average Bonchev–Trinajstić information content (AvgIpc) is 3.23. The van der Waals surface area contributed by atoms with Crippen LogP contribution in [0, 0.1) is 11.6 Å². The minimum absolute atomic E-state index is 0.0316. The predicted molar refractivity (Wildman–Crippen MR) is 121 cm³/mol. The molecule has 0 spiro atoms. The van der Waals surface area contributed by atoms with Crippen LogP contribution in [0.15, 0.2) is 42.5 Å². The van der Waals surface area contributed by atoms with Crippen LogP contribution in [0.4, 0.5) is 24.1 Å². The smallest absolute Gasteiger partial charge is 0.410 e. The molecule has 0 aromatic heterocycles. The molecule has 6 nitrogen and oxygen atoms in total. The number of nitrogens with one attached hydrogen (secondary N) is 1. The number of ether oxygens (including phenoxy) is 1. The third-order valence-electron chi connectivity index (χ3n) is 5.67. The maximum absolute atomic E-state index is 13.9. The molecule has 2 aliphatic heterocycles. The highest BCUT2D eigenvalue weighted by Gasteiger charge is 2.28. The standard InChI is InChI=1S/C25H27F2N3O3/c1-25(2,3)33-24(32)29-12-10-17(11-13-29)16-4-6-18(7-5-16)28-23(31)30-14-19-20(15-30)22(27)9-8-21(19)26/h4-10H,11-15H2,1-3H3,(H,28,31). The second-order valence-corrected chi connectivity index (χ2v) is 9.26. The van der Waals surface area contributed by atoms with E-state index in [1.165, 1.54) is 4.90 Å². The summed E-state index contributed by atoms with van der Waals surface area (Å²) in [5.74, 6) is -1.01. The van der Waals surface area contributed by atoms with Crippen LogP contribution in [0.3, 0.4) is 0 Å². The molecule has 1 N–H and O–H groups in total. The molecule has 0 saturated carbocycles. The molecule has 0 unspecified atom stereocenters. The predicted octanol–water partition coefficient (Wildman–Crippen LogP) is 5.54. The van der Waals surface area contributed by atoms with E-state index in [1.807, 2.05) is 39.0 Å². The van der Waals surface area contributed by atoms with Crippen molar-refractivity contribution < 1.29 is 23.1 Å². The molecular weight excluding hydrogens is 428 g/mol. The van der Waals surface area contributed by atoms with Crippen molar-refractivity contribution in [3.63, 3.8) is 0 Å². The molecule has 4 rings (SSSR count). The molecule has 0 atom stereocenters. The Hall–Kier alpha value is -3.42. The van der Waals surface area contributed by atoms with Crippen molar-refractivity contribution in [1.82, 2.24) is 9.80 Å². The van der Waals surface area contributed by atoms with Crippen LogP contribution in [-0.2, 0) is 17.8 Å². The van der Waals surface area contributed by atoms with Gasteiger partial charge in [0, 0.05) is 29.9 Å². The minimum Gasteiger partial charge on any atom is -0.444 e. The first-order chi connectivity index (χ1) is 15.6. The van der Waals surface area contributed by atoms with Crippen molar-refractivity contribution >= 4 is 23.4 Å². The summed E-state index contributed by atoms with van der Waals surface area (Å²) in [6.07, 6.45) is 2.39. The van der Waals surface area contributed by atoms with Crippen LogP contribution in [0.5, 0.6) is 0 Å². The topological polar surface area (TPSA) is 61.9 Å². The molecule has 2 aromatic rings.